The average Bonchev–Trinajstić information content (AvgIpc) is 3.29. The van der Waals surface area contributed by atoms with Crippen molar-refractivity contribution in [3.63, 3.8) is 0 Å². The minimum Gasteiger partial charge on any atom is -0.461 e. The Labute approximate surface area is 181 Å². The topological polar surface area (TPSA) is 127 Å². The molecule has 0 aliphatic heterocycles. The van der Waals surface area contributed by atoms with Gasteiger partial charge in [0.25, 0.3) is 0 Å². The highest BCUT2D eigenvalue weighted by atomic mass is 16.5. The van der Waals surface area contributed by atoms with Crippen molar-refractivity contribution in [2.75, 3.05) is 6.61 Å². The predicted molar refractivity (Wildman–Crippen MR) is 111 cm³/mol. The van der Waals surface area contributed by atoms with Gasteiger partial charge in [-0.2, -0.15) is 4.98 Å². The Morgan fingerprint density at radius 2 is 2.10 bits per heavy atom. The lowest BCUT2D eigenvalue weighted by molar-refractivity contribution is -0.129. The smallest absolute Gasteiger partial charge is 0.356 e. The van der Waals surface area contributed by atoms with Gasteiger partial charge >= 0.3 is 5.97 Å². The Balaban J connectivity index is 1.65. The SMILES string of the molecule is CCOC(=O)c1ccc(-c2noc(C(CCCC3CCCCC3)CC(=O)NO)n2)cn1. The highest BCUT2D eigenvalue weighted by Crippen LogP contribution is 2.31. The van der Waals surface area contributed by atoms with Crippen LogP contribution in [0.25, 0.3) is 11.4 Å². The van der Waals surface area contributed by atoms with E-state index in [0.717, 1.165) is 25.2 Å². The molecule has 1 atom stereocenters. The van der Waals surface area contributed by atoms with Crippen LogP contribution in [0.1, 0.15) is 87.0 Å². The van der Waals surface area contributed by atoms with Crippen LogP contribution in [0.4, 0.5) is 0 Å². The van der Waals surface area contributed by atoms with Crippen LogP contribution in [0, 0.1) is 5.92 Å². The van der Waals surface area contributed by atoms with Crippen molar-refractivity contribution in [3.8, 4) is 11.4 Å². The zero-order chi connectivity index (χ0) is 22.1. The molecule has 9 nitrogen and oxygen atoms in total. The summed E-state index contributed by atoms with van der Waals surface area (Å²) in [7, 11) is 0. The quantitative estimate of drug-likeness (QED) is 0.328. The number of hydrogen-bond donors (Lipinski definition) is 2. The second-order valence-electron chi connectivity index (χ2n) is 7.98. The number of pyridine rings is 1. The number of nitrogens with one attached hydrogen (secondary N) is 1. The van der Waals surface area contributed by atoms with E-state index >= 15 is 0 Å². The van der Waals surface area contributed by atoms with Crippen molar-refractivity contribution in [3.05, 3.63) is 29.9 Å². The molecule has 0 radical (unpaired) electrons. The van der Waals surface area contributed by atoms with E-state index in [0.29, 0.717) is 17.3 Å². The highest BCUT2D eigenvalue weighted by Gasteiger charge is 2.24. The number of nitrogens with zero attached hydrogens (tertiary/aromatic N) is 3. The van der Waals surface area contributed by atoms with E-state index in [1.807, 2.05) is 0 Å². The Morgan fingerprint density at radius 1 is 1.29 bits per heavy atom. The van der Waals surface area contributed by atoms with Gasteiger partial charge in [0.1, 0.15) is 5.69 Å². The summed E-state index contributed by atoms with van der Waals surface area (Å²) in [5.41, 5.74) is 2.48. The Kier molecular flexibility index (Phi) is 8.52. The molecular weight excluding hydrogens is 400 g/mol. The van der Waals surface area contributed by atoms with E-state index < -0.39 is 11.9 Å². The summed E-state index contributed by atoms with van der Waals surface area (Å²) in [6.45, 7) is 2.01. The first-order valence-corrected chi connectivity index (χ1v) is 11.0. The first kappa shape index (κ1) is 22.9. The van der Waals surface area contributed by atoms with Crippen molar-refractivity contribution < 1.29 is 24.1 Å². The fourth-order valence-electron chi connectivity index (χ4n) is 4.08. The molecule has 0 spiro atoms. The molecule has 1 aliphatic carbocycles. The summed E-state index contributed by atoms with van der Waals surface area (Å²) >= 11 is 0. The van der Waals surface area contributed by atoms with Crippen molar-refractivity contribution in [1.82, 2.24) is 20.6 Å². The molecular formula is C22H30N4O5. The minimum absolute atomic E-state index is 0.0723. The first-order valence-electron chi connectivity index (χ1n) is 11.0. The maximum absolute atomic E-state index is 11.8. The van der Waals surface area contributed by atoms with Gasteiger partial charge in [-0.1, -0.05) is 50.1 Å². The molecule has 2 N–H and O–H groups in total. The van der Waals surface area contributed by atoms with Gasteiger partial charge < -0.3 is 9.26 Å². The van der Waals surface area contributed by atoms with E-state index in [1.165, 1.54) is 38.3 Å². The predicted octanol–water partition coefficient (Wildman–Crippen LogP) is 4.04. The summed E-state index contributed by atoms with van der Waals surface area (Å²) in [5.74, 6) is 0.196. The molecule has 0 saturated heterocycles. The minimum atomic E-state index is -0.490. The van der Waals surface area contributed by atoms with Gasteiger partial charge in [-0.05, 0) is 31.4 Å². The number of carbonyl (C=O) groups excluding carboxylic acids is 2. The molecule has 1 amide bonds. The highest BCUT2D eigenvalue weighted by molar-refractivity contribution is 5.87. The van der Waals surface area contributed by atoms with E-state index in [9.17, 15) is 9.59 Å². The lowest BCUT2D eigenvalue weighted by Crippen LogP contribution is -2.21. The Bertz CT molecular complexity index is 846. The number of aromatic nitrogens is 3. The molecule has 2 aromatic heterocycles. The van der Waals surface area contributed by atoms with Crippen LogP contribution in [-0.4, -0.2) is 38.8 Å². The van der Waals surface area contributed by atoms with E-state index in [-0.39, 0.29) is 24.6 Å². The number of amides is 1. The molecule has 1 fully saturated rings. The maximum Gasteiger partial charge on any atom is 0.356 e. The van der Waals surface area contributed by atoms with Gasteiger partial charge in [0.05, 0.1) is 6.61 Å². The normalized spacial score (nSPS) is 15.4. The molecule has 1 saturated carbocycles. The largest absolute Gasteiger partial charge is 0.461 e. The van der Waals surface area contributed by atoms with Gasteiger partial charge in [-0.3, -0.25) is 10.0 Å². The second kappa shape index (κ2) is 11.5. The molecule has 0 aromatic carbocycles. The van der Waals surface area contributed by atoms with Crippen molar-refractivity contribution in [2.45, 2.75) is 70.6 Å². The molecule has 1 aliphatic rings. The molecule has 168 valence electrons. The maximum atomic E-state index is 11.8. The van der Waals surface area contributed by atoms with Crippen LogP contribution in [0.15, 0.2) is 22.9 Å². The molecule has 31 heavy (non-hydrogen) atoms. The molecule has 9 heteroatoms. The first-order chi connectivity index (χ1) is 15.1. The van der Waals surface area contributed by atoms with Crippen molar-refractivity contribution in [2.24, 2.45) is 5.92 Å². The molecule has 2 aromatic rings. The lowest BCUT2D eigenvalue weighted by Gasteiger charge is -2.22. The van der Waals surface area contributed by atoms with Crippen molar-refractivity contribution >= 4 is 11.9 Å². The van der Waals surface area contributed by atoms with Gasteiger partial charge in [0.2, 0.25) is 17.6 Å². The van der Waals surface area contributed by atoms with Gasteiger partial charge in [-0.15, -0.1) is 0 Å². The second-order valence-corrected chi connectivity index (χ2v) is 7.98. The summed E-state index contributed by atoms with van der Waals surface area (Å²) < 4.78 is 10.4. The van der Waals surface area contributed by atoms with Gasteiger partial charge in [0.15, 0.2) is 0 Å². The summed E-state index contributed by atoms with van der Waals surface area (Å²) in [4.78, 5) is 32.1. The number of carbonyl (C=O) groups is 2. The van der Waals surface area contributed by atoms with Gasteiger partial charge in [-0.25, -0.2) is 15.3 Å². The van der Waals surface area contributed by atoms with Crippen LogP contribution in [0.3, 0.4) is 0 Å². The summed E-state index contributed by atoms with van der Waals surface area (Å²) in [6.07, 6.45) is 10.9. The van der Waals surface area contributed by atoms with Crippen LogP contribution in [0.5, 0.6) is 0 Å². The van der Waals surface area contributed by atoms with Crippen LogP contribution < -0.4 is 5.48 Å². The summed E-state index contributed by atoms with van der Waals surface area (Å²) in [6, 6.07) is 3.22. The monoisotopic (exact) mass is 430 g/mol. The number of hydroxylamine groups is 1. The number of ether oxygens (including phenoxy) is 1. The lowest BCUT2D eigenvalue weighted by atomic mass is 9.84. The van der Waals surface area contributed by atoms with E-state index in [4.69, 9.17) is 14.5 Å². The fourth-order valence-corrected chi connectivity index (χ4v) is 4.08. The molecule has 2 heterocycles. The van der Waals surface area contributed by atoms with E-state index in [2.05, 4.69) is 15.1 Å². The zero-order valence-electron chi connectivity index (χ0n) is 17.9. The third-order valence-electron chi connectivity index (χ3n) is 5.74. The molecule has 3 rings (SSSR count). The van der Waals surface area contributed by atoms with Crippen molar-refractivity contribution in [1.29, 1.82) is 0 Å². The van der Waals surface area contributed by atoms with E-state index in [1.54, 1.807) is 24.5 Å². The Hall–Kier alpha value is -2.81. The van der Waals surface area contributed by atoms with Crippen LogP contribution >= 0.6 is 0 Å². The molecule has 1 unspecified atom stereocenters. The van der Waals surface area contributed by atoms with Gasteiger partial charge in [0, 0.05) is 24.1 Å². The van der Waals surface area contributed by atoms with Crippen LogP contribution in [-0.2, 0) is 9.53 Å². The number of esters is 1. The zero-order valence-corrected chi connectivity index (χ0v) is 17.9. The number of hydrogen-bond acceptors (Lipinski definition) is 8. The van der Waals surface area contributed by atoms with Crippen LogP contribution in [0.2, 0.25) is 0 Å². The average molecular weight is 431 g/mol. The third-order valence-corrected chi connectivity index (χ3v) is 5.74. The fraction of sp³-hybridized carbons (Fsp3) is 0.591. The standard InChI is InChI=1S/C22H30N4O5/c1-2-30-22(28)18-12-11-17(14-23-18)20-24-21(31-26-20)16(13-19(27)25-29)10-6-9-15-7-4-3-5-8-15/h11-12,14-16,29H,2-10,13H2,1H3,(H,25,27). The Morgan fingerprint density at radius 3 is 2.77 bits per heavy atom. The summed E-state index contributed by atoms with van der Waals surface area (Å²) in [5, 5.41) is 13.0. The molecule has 0 bridgehead atoms. The third kappa shape index (κ3) is 6.58. The number of rotatable bonds is 10.